The van der Waals surface area contributed by atoms with Crippen LogP contribution >= 0.6 is 12.4 Å². The van der Waals surface area contributed by atoms with E-state index in [0.29, 0.717) is 11.5 Å². The molecule has 0 radical (unpaired) electrons. The summed E-state index contributed by atoms with van der Waals surface area (Å²) in [4.78, 5) is 2.31. The molecule has 0 aromatic heterocycles. The molecule has 2 saturated heterocycles. The minimum atomic E-state index is -2.80. The smallest absolute Gasteiger partial charge is 0.151 e. The fourth-order valence-corrected chi connectivity index (χ4v) is 4.83. The van der Waals surface area contributed by atoms with Gasteiger partial charge in [0.25, 0.3) is 0 Å². The van der Waals surface area contributed by atoms with Gasteiger partial charge in [-0.05, 0) is 24.8 Å². The molecule has 2 rings (SSSR count). The van der Waals surface area contributed by atoms with Gasteiger partial charge in [0, 0.05) is 25.7 Å². The van der Waals surface area contributed by atoms with Crippen molar-refractivity contribution in [2.24, 2.45) is 5.41 Å². The van der Waals surface area contributed by atoms with Gasteiger partial charge in [-0.1, -0.05) is 13.0 Å². The Morgan fingerprint density at radius 3 is 2.74 bits per heavy atom. The molecule has 112 valence electrons. The molecule has 0 saturated carbocycles. The SMILES string of the molecule is C=CCN(CC1(C)CCNC1)C1CCS(=O)(=O)C1.Cl. The summed E-state index contributed by atoms with van der Waals surface area (Å²) in [6.07, 6.45) is 3.83. The number of nitrogens with one attached hydrogen (secondary N) is 1. The summed E-state index contributed by atoms with van der Waals surface area (Å²) in [5.41, 5.74) is 0.273. The Bertz CT molecular complexity index is 405. The standard InChI is InChI=1S/C13H24N2O2S.ClH/c1-3-7-15(11-13(2)5-6-14-10-13)12-4-8-18(16,17)9-12;/h3,12,14H,1,4-11H2,2H3;1H. The van der Waals surface area contributed by atoms with Gasteiger partial charge in [-0.25, -0.2) is 8.42 Å². The Kier molecular flexibility index (Phi) is 5.86. The fourth-order valence-electron chi connectivity index (χ4n) is 3.07. The van der Waals surface area contributed by atoms with Crippen LogP contribution < -0.4 is 5.32 Å². The summed E-state index contributed by atoms with van der Waals surface area (Å²) >= 11 is 0. The molecule has 2 unspecified atom stereocenters. The third kappa shape index (κ3) is 4.45. The van der Waals surface area contributed by atoms with Crippen molar-refractivity contribution < 1.29 is 8.42 Å². The van der Waals surface area contributed by atoms with Gasteiger partial charge >= 0.3 is 0 Å². The van der Waals surface area contributed by atoms with Crippen molar-refractivity contribution in [3.8, 4) is 0 Å². The van der Waals surface area contributed by atoms with Gasteiger partial charge < -0.3 is 5.32 Å². The lowest BCUT2D eigenvalue weighted by molar-refractivity contribution is 0.153. The minimum Gasteiger partial charge on any atom is -0.316 e. The van der Waals surface area contributed by atoms with Crippen molar-refractivity contribution >= 4 is 22.2 Å². The second-order valence-corrected chi connectivity index (χ2v) is 8.24. The van der Waals surface area contributed by atoms with Crippen LogP contribution in [-0.2, 0) is 9.84 Å². The molecule has 2 atom stereocenters. The van der Waals surface area contributed by atoms with E-state index in [1.165, 1.54) is 6.42 Å². The minimum absolute atomic E-state index is 0. The van der Waals surface area contributed by atoms with Gasteiger partial charge in [0.15, 0.2) is 9.84 Å². The molecule has 0 spiro atoms. The number of rotatable bonds is 5. The van der Waals surface area contributed by atoms with Crippen LogP contribution in [0.2, 0.25) is 0 Å². The normalized spacial score (nSPS) is 33.3. The third-order valence-electron chi connectivity index (χ3n) is 4.13. The van der Waals surface area contributed by atoms with Gasteiger partial charge in [-0.3, -0.25) is 4.90 Å². The van der Waals surface area contributed by atoms with E-state index >= 15 is 0 Å². The van der Waals surface area contributed by atoms with E-state index in [2.05, 4.69) is 23.7 Å². The largest absolute Gasteiger partial charge is 0.316 e. The zero-order valence-electron chi connectivity index (χ0n) is 11.6. The Labute approximate surface area is 123 Å². The summed E-state index contributed by atoms with van der Waals surface area (Å²) in [6.45, 7) is 9.93. The summed E-state index contributed by atoms with van der Waals surface area (Å²) < 4.78 is 23.2. The fraction of sp³-hybridized carbons (Fsp3) is 0.846. The van der Waals surface area contributed by atoms with Crippen LogP contribution in [0.4, 0.5) is 0 Å². The first-order valence-electron chi connectivity index (χ1n) is 6.70. The topological polar surface area (TPSA) is 49.4 Å². The quantitative estimate of drug-likeness (QED) is 0.772. The molecule has 1 N–H and O–H groups in total. The maximum Gasteiger partial charge on any atom is 0.151 e. The molecule has 0 aliphatic carbocycles. The molecule has 0 bridgehead atoms. The van der Waals surface area contributed by atoms with Crippen LogP contribution in [0.15, 0.2) is 12.7 Å². The van der Waals surface area contributed by atoms with Crippen LogP contribution in [0.5, 0.6) is 0 Å². The van der Waals surface area contributed by atoms with Crippen molar-refractivity contribution in [1.29, 1.82) is 0 Å². The average Bonchev–Trinajstić information content (AvgIpc) is 2.85. The third-order valence-corrected chi connectivity index (χ3v) is 5.88. The molecule has 0 aromatic carbocycles. The van der Waals surface area contributed by atoms with Gasteiger partial charge in [0.05, 0.1) is 11.5 Å². The van der Waals surface area contributed by atoms with Crippen LogP contribution in [0.25, 0.3) is 0 Å². The maximum absolute atomic E-state index is 11.6. The van der Waals surface area contributed by atoms with Gasteiger partial charge in [0.2, 0.25) is 0 Å². The highest BCUT2D eigenvalue weighted by atomic mass is 35.5. The molecular formula is C13H25ClN2O2S. The molecule has 2 aliphatic rings. The van der Waals surface area contributed by atoms with E-state index < -0.39 is 9.84 Å². The Morgan fingerprint density at radius 1 is 1.53 bits per heavy atom. The summed E-state index contributed by atoms with van der Waals surface area (Å²) in [7, 11) is -2.80. The number of sulfone groups is 1. The molecule has 2 aliphatic heterocycles. The van der Waals surface area contributed by atoms with Crippen molar-refractivity contribution in [1.82, 2.24) is 10.2 Å². The van der Waals surface area contributed by atoms with Gasteiger partial charge in [-0.2, -0.15) is 0 Å². The molecular weight excluding hydrogens is 284 g/mol. The zero-order chi connectivity index (χ0) is 13.2. The van der Waals surface area contributed by atoms with E-state index in [-0.39, 0.29) is 23.9 Å². The summed E-state index contributed by atoms with van der Waals surface area (Å²) in [6, 6.07) is 0.186. The number of halogens is 1. The van der Waals surface area contributed by atoms with Crippen LogP contribution in [0.3, 0.4) is 0 Å². The first kappa shape index (κ1) is 17.0. The highest BCUT2D eigenvalue weighted by molar-refractivity contribution is 7.91. The molecule has 0 amide bonds. The van der Waals surface area contributed by atoms with Crippen molar-refractivity contribution in [2.75, 3.05) is 37.7 Å². The van der Waals surface area contributed by atoms with E-state index in [1.54, 1.807) is 0 Å². The molecule has 2 fully saturated rings. The summed E-state index contributed by atoms with van der Waals surface area (Å²) in [5.74, 6) is 0.671. The van der Waals surface area contributed by atoms with E-state index in [9.17, 15) is 8.42 Å². The van der Waals surface area contributed by atoms with E-state index in [0.717, 1.165) is 32.6 Å². The molecule has 0 aromatic rings. The lowest BCUT2D eigenvalue weighted by Crippen LogP contribution is -2.44. The second-order valence-electron chi connectivity index (χ2n) is 6.01. The van der Waals surface area contributed by atoms with Crippen molar-refractivity contribution in [3.05, 3.63) is 12.7 Å². The first-order chi connectivity index (χ1) is 8.44. The predicted octanol–water partition coefficient (Wildman–Crippen LogP) is 1.08. The van der Waals surface area contributed by atoms with Gasteiger partial charge in [-0.15, -0.1) is 19.0 Å². The Balaban J connectivity index is 0.00000180. The van der Waals surface area contributed by atoms with Crippen LogP contribution in [0, 0.1) is 5.41 Å². The summed E-state index contributed by atoms with van der Waals surface area (Å²) in [5, 5.41) is 3.40. The lowest BCUT2D eigenvalue weighted by atomic mass is 9.88. The van der Waals surface area contributed by atoms with E-state index in [4.69, 9.17) is 0 Å². The second kappa shape index (κ2) is 6.57. The van der Waals surface area contributed by atoms with E-state index in [1.807, 2.05) is 6.08 Å². The zero-order valence-corrected chi connectivity index (χ0v) is 13.2. The van der Waals surface area contributed by atoms with Gasteiger partial charge in [0.1, 0.15) is 0 Å². The average molecular weight is 309 g/mol. The predicted molar refractivity (Wildman–Crippen MR) is 81.7 cm³/mol. The molecule has 6 heteroatoms. The van der Waals surface area contributed by atoms with Crippen molar-refractivity contribution in [3.63, 3.8) is 0 Å². The highest BCUT2D eigenvalue weighted by Crippen LogP contribution is 2.28. The van der Waals surface area contributed by atoms with Crippen LogP contribution in [-0.4, -0.2) is 57.0 Å². The molecule has 2 heterocycles. The maximum atomic E-state index is 11.6. The molecule has 4 nitrogen and oxygen atoms in total. The Hall–Kier alpha value is -0.100. The van der Waals surface area contributed by atoms with Crippen LogP contribution in [0.1, 0.15) is 19.8 Å². The first-order valence-corrected chi connectivity index (χ1v) is 8.52. The number of hydrogen-bond acceptors (Lipinski definition) is 4. The van der Waals surface area contributed by atoms with Crippen molar-refractivity contribution in [2.45, 2.75) is 25.8 Å². The Morgan fingerprint density at radius 2 is 2.26 bits per heavy atom. The monoisotopic (exact) mass is 308 g/mol. The lowest BCUT2D eigenvalue weighted by Gasteiger charge is -2.34. The highest BCUT2D eigenvalue weighted by Gasteiger charge is 2.36. The number of nitrogens with zero attached hydrogens (tertiary/aromatic N) is 1. The number of hydrogen-bond donors (Lipinski definition) is 1. The molecule has 19 heavy (non-hydrogen) atoms.